The molecule has 0 aliphatic carbocycles. The van der Waals surface area contributed by atoms with Gasteiger partial charge in [-0.1, -0.05) is 54.1 Å². The Morgan fingerprint density at radius 2 is 1.73 bits per heavy atom. The highest BCUT2D eigenvalue weighted by molar-refractivity contribution is 8.00. The number of anilines is 2. The summed E-state index contributed by atoms with van der Waals surface area (Å²) in [7, 11) is 0. The van der Waals surface area contributed by atoms with Crippen LogP contribution in [0.15, 0.2) is 101 Å². The van der Waals surface area contributed by atoms with Crippen molar-refractivity contribution in [2.75, 3.05) is 16.4 Å². The van der Waals surface area contributed by atoms with Crippen molar-refractivity contribution in [3.63, 3.8) is 0 Å². The first-order valence-corrected chi connectivity index (χ1v) is 13.3. The summed E-state index contributed by atoms with van der Waals surface area (Å²) in [5, 5.41) is 11.0. The summed E-state index contributed by atoms with van der Waals surface area (Å²) in [6.45, 7) is 0. The number of amides is 3. The third-order valence-electron chi connectivity index (χ3n) is 4.87. The molecule has 0 saturated heterocycles. The van der Waals surface area contributed by atoms with Crippen molar-refractivity contribution in [2.45, 2.75) is 4.90 Å². The fourth-order valence-corrected chi connectivity index (χ4v) is 4.63. The Balaban J connectivity index is 1.47. The molecule has 3 N–H and O–H groups in total. The van der Waals surface area contributed by atoms with Gasteiger partial charge in [-0.15, -0.1) is 23.1 Å². The number of halogens is 1. The summed E-state index contributed by atoms with van der Waals surface area (Å²) < 4.78 is 0. The zero-order chi connectivity index (χ0) is 26.0. The average Bonchev–Trinajstić information content (AvgIpc) is 3.42. The number of aromatic nitrogens is 1. The van der Waals surface area contributed by atoms with Crippen LogP contribution in [0.4, 0.5) is 10.8 Å². The minimum atomic E-state index is -0.520. The van der Waals surface area contributed by atoms with Crippen molar-refractivity contribution in [2.24, 2.45) is 0 Å². The molecule has 1 aromatic heterocycles. The molecule has 0 aliphatic heterocycles. The molecule has 0 bridgehead atoms. The van der Waals surface area contributed by atoms with Crippen molar-refractivity contribution < 1.29 is 14.4 Å². The molecule has 186 valence electrons. The predicted molar refractivity (Wildman–Crippen MR) is 150 cm³/mol. The van der Waals surface area contributed by atoms with Gasteiger partial charge in [0.15, 0.2) is 5.13 Å². The molecule has 10 heteroatoms. The number of benzene rings is 3. The predicted octanol–water partition coefficient (Wildman–Crippen LogP) is 5.94. The fourth-order valence-electron chi connectivity index (χ4n) is 3.14. The van der Waals surface area contributed by atoms with Crippen LogP contribution < -0.4 is 16.0 Å². The van der Waals surface area contributed by atoms with E-state index in [4.69, 9.17) is 11.6 Å². The molecule has 3 amide bonds. The van der Waals surface area contributed by atoms with Crippen LogP contribution >= 0.6 is 34.7 Å². The Labute approximate surface area is 227 Å². The molecule has 1 heterocycles. The summed E-state index contributed by atoms with van der Waals surface area (Å²) in [5.41, 5.74) is 1.53. The molecule has 7 nitrogen and oxygen atoms in total. The van der Waals surface area contributed by atoms with E-state index in [1.54, 1.807) is 84.4 Å². The number of nitrogens with zero attached hydrogens (tertiary/aromatic N) is 1. The van der Waals surface area contributed by atoms with E-state index < -0.39 is 11.8 Å². The van der Waals surface area contributed by atoms with Gasteiger partial charge in [0, 0.05) is 32.7 Å². The Kier molecular flexibility index (Phi) is 9.09. The number of carbonyl (C=O) groups is 3. The van der Waals surface area contributed by atoms with Crippen molar-refractivity contribution in [1.82, 2.24) is 10.3 Å². The second kappa shape index (κ2) is 12.9. The zero-order valence-electron chi connectivity index (χ0n) is 19.3. The molecule has 4 rings (SSSR count). The van der Waals surface area contributed by atoms with E-state index in [1.807, 2.05) is 6.07 Å². The van der Waals surface area contributed by atoms with Gasteiger partial charge in [0.25, 0.3) is 11.8 Å². The van der Waals surface area contributed by atoms with Crippen LogP contribution in [0.2, 0.25) is 5.02 Å². The molecule has 37 heavy (non-hydrogen) atoms. The van der Waals surface area contributed by atoms with Crippen molar-refractivity contribution >= 4 is 69.3 Å². The third-order valence-corrected chi connectivity index (χ3v) is 6.90. The lowest BCUT2D eigenvalue weighted by atomic mass is 10.1. The highest BCUT2D eigenvalue weighted by Gasteiger charge is 2.16. The largest absolute Gasteiger partial charge is 0.321 e. The summed E-state index contributed by atoms with van der Waals surface area (Å²) >= 11 is 8.95. The maximum Gasteiger partial charge on any atom is 0.272 e. The summed E-state index contributed by atoms with van der Waals surface area (Å²) in [5.74, 6) is -0.942. The summed E-state index contributed by atoms with van der Waals surface area (Å²) in [4.78, 5) is 43.0. The number of rotatable bonds is 9. The second-order valence-corrected chi connectivity index (χ2v) is 9.91. The smallest absolute Gasteiger partial charge is 0.272 e. The molecule has 0 spiro atoms. The first kappa shape index (κ1) is 26.2. The van der Waals surface area contributed by atoms with E-state index >= 15 is 0 Å². The van der Waals surface area contributed by atoms with Crippen molar-refractivity contribution in [3.8, 4) is 0 Å². The molecule has 3 aromatic carbocycles. The lowest BCUT2D eigenvalue weighted by Crippen LogP contribution is -2.30. The average molecular weight is 549 g/mol. The molecule has 0 radical (unpaired) electrons. The van der Waals surface area contributed by atoms with Gasteiger partial charge in [-0.05, 0) is 48.0 Å². The van der Waals surface area contributed by atoms with Crippen LogP contribution in [0.25, 0.3) is 6.08 Å². The molecule has 0 saturated carbocycles. The van der Waals surface area contributed by atoms with Crippen LogP contribution in [-0.2, 0) is 9.59 Å². The van der Waals surface area contributed by atoms with Gasteiger partial charge in [-0.2, -0.15) is 0 Å². The third kappa shape index (κ3) is 7.78. The highest BCUT2D eigenvalue weighted by Crippen LogP contribution is 2.23. The summed E-state index contributed by atoms with van der Waals surface area (Å²) in [6, 6.07) is 22.7. The monoisotopic (exact) mass is 548 g/mol. The minimum Gasteiger partial charge on any atom is -0.321 e. The number of thiazole rings is 1. The normalized spacial score (nSPS) is 11.0. The van der Waals surface area contributed by atoms with Gasteiger partial charge < -0.3 is 16.0 Å². The maximum absolute atomic E-state index is 13.2. The van der Waals surface area contributed by atoms with Crippen molar-refractivity contribution in [1.29, 1.82) is 0 Å². The molecule has 0 atom stereocenters. The Morgan fingerprint density at radius 1 is 0.946 bits per heavy atom. The van der Waals surface area contributed by atoms with Crippen LogP contribution in [0.3, 0.4) is 0 Å². The van der Waals surface area contributed by atoms with Gasteiger partial charge in [0.05, 0.1) is 5.75 Å². The first-order valence-electron chi connectivity index (χ1n) is 11.0. The molecule has 0 fully saturated rings. The van der Waals surface area contributed by atoms with E-state index in [1.165, 1.54) is 29.2 Å². The maximum atomic E-state index is 13.2. The fraction of sp³-hybridized carbons (Fsp3) is 0.0370. The van der Waals surface area contributed by atoms with Crippen molar-refractivity contribution in [3.05, 3.63) is 112 Å². The van der Waals surface area contributed by atoms with Gasteiger partial charge in [-0.25, -0.2) is 4.98 Å². The Morgan fingerprint density at radius 3 is 2.49 bits per heavy atom. The summed E-state index contributed by atoms with van der Waals surface area (Å²) in [6.07, 6.45) is 3.15. The number of nitrogens with one attached hydrogen (secondary N) is 3. The van der Waals surface area contributed by atoms with E-state index in [9.17, 15) is 14.4 Å². The number of thioether (sulfide) groups is 1. The van der Waals surface area contributed by atoms with E-state index in [-0.39, 0.29) is 17.4 Å². The number of hydrogen-bond donors (Lipinski definition) is 3. The minimum absolute atomic E-state index is 0.0304. The molecule has 0 unspecified atom stereocenters. The van der Waals surface area contributed by atoms with E-state index in [2.05, 4.69) is 20.9 Å². The van der Waals surface area contributed by atoms with Crippen LogP contribution in [0, 0.1) is 0 Å². The Hall–Kier alpha value is -3.92. The van der Waals surface area contributed by atoms with Gasteiger partial charge in [0.1, 0.15) is 5.70 Å². The lowest BCUT2D eigenvalue weighted by molar-refractivity contribution is -0.114. The number of carbonyl (C=O) groups excluding carboxylic acids is 3. The van der Waals surface area contributed by atoms with Crippen LogP contribution in [0.1, 0.15) is 15.9 Å². The molecule has 0 aliphatic rings. The van der Waals surface area contributed by atoms with Gasteiger partial charge >= 0.3 is 0 Å². The first-order chi connectivity index (χ1) is 18.0. The zero-order valence-corrected chi connectivity index (χ0v) is 21.7. The van der Waals surface area contributed by atoms with Gasteiger partial charge in [-0.3, -0.25) is 14.4 Å². The molecular weight excluding hydrogens is 528 g/mol. The lowest BCUT2D eigenvalue weighted by Gasteiger charge is -2.12. The van der Waals surface area contributed by atoms with Crippen LogP contribution in [0.5, 0.6) is 0 Å². The standard InChI is InChI=1S/C27H21ClN4O3S2/c28-22-12-5-4-9-19(22)15-23(31-25(34)18-7-2-1-3-8-18)26(35)30-20-10-6-11-21(16-20)37-17-24(33)32-27-29-13-14-36-27/h1-16H,17H2,(H,30,35)(H,31,34)(H,29,32,33)/b23-15+. The SMILES string of the molecule is O=C(CSc1cccc(NC(=O)/C(=C\c2ccccc2Cl)NC(=O)c2ccccc2)c1)Nc1nccs1. The quantitative estimate of drug-likeness (QED) is 0.178. The van der Waals surface area contributed by atoms with E-state index in [0.717, 1.165) is 4.90 Å². The Bertz CT molecular complexity index is 1430. The highest BCUT2D eigenvalue weighted by atomic mass is 35.5. The van der Waals surface area contributed by atoms with E-state index in [0.29, 0.717) is 27.0 Å². The molecule has 4 aromatic rings. The number of hydrogen-bond acceptors (Lipinski definition) is 6. The van der Waals surface area contributed by atoms with Crippen LogP contribution in [-0.4, -0.2) is 28.5 Å². The topological polar surface area (TPSA) is 100 Å². The van der Waals surface area contributed by atoms with Gasteiger partial charge in [0.2, 0.25) is 5.91 Å². The molecular formula is C27H21ClN4O3S2. The second-order valence-electron chi connectivity index (χ2n) is 7.56.